The molecule has 0 aliphatic rings. The van der Waals surface area contributed by atoms with Gasteiger partial charge in [-0.2, -0.15) is 0 Å². The van der Waals surface area contributed by atoms with Crippen molar-refractivity contribution >= 4 is 11.8 Å². The van der Waals surface area contributed by atoms with Crippen LogP contribution in [0.3, 0.4) is 0 Å². The molecule has 0 saturated heterocycles. The van der Waals surface area contributed by atoms with Crippen molar-refractivity contribution in [2.45, 2.75) is 27.7 Å². The Balaban J connectivity index is 1.71. The summed E-state index contributed by atoms with van der Waals surface area (Å²) < 4.78 is 11.0. The van der Waals surface area contributed by atoms with Crippen molar-refractivity contribution in [3.8, 4) is 11.5 Å². The fraction of sp³-hybridized carbons (Fsp3) is 0.364. The van der Waals surface area contributed by atoms with Crippen LogP contribution in [0.15, 0.2) is 36.4 Å². The molecule has 0 atom stereocenters. The second-order valence-corrected chi connectivity index (χ2v) is 6.51. The van der Waals surface area contributed by atoms with E-state index in [1.807, 2.05) is 39.8 Å². The third kappa shape index (κ3) is 6.01. The van der Waals surface area contributed by atoms with Gasteiger partial charge in [0.05, 0.1) is 6.61 Å². The first-order chi connectivity index (χ1) is 13.4. The van der Waals surface area contributed by atoms with Crippen molar-refractivity contribution in [3.63, 3.8) is 0 Å². The summed E-state index contributed by atoms with van der Waals surface area (Å²) in [6, 6.07) is 10.9. The molecule has 2 aromatic carbocycles. The standard InChI is InChI=1S/C22H28N2O4/c1-5-27-19-10-8-18(9-11-19)22(26)24-13-12-23-20(25)14-28-21-16(3)7-6-15(2)17(21)4/h6-11H,5,12-14H2,1-4H3,(H,23,25)(H,24,26). The van der Waals surface area contributed by atoms with Crippen molar-refractivity contribution in [1.82, 2.24) is 10.6 Å². The first-order valence-electron chi connectivity index (χ1n) is 9.39. The van der Waals surface area contributed by atoms with E-state index in [0.717, 1.165) is 28.2 Å². The van der Waals surface area contributed by atoms with Crippen molar-refractivity contribution in [1.29, 1.82) is 0 Å². The van der Waals surface area contributed by atoms with Gasteiger partial charge in [0.2, 0.25) is 0 Å². The monoisotopic (exact) mass is 384 g/mol. The predicted octanol–water partition coefficient (Wildman–Crippen LogP) is 2.94. The molecule has 0 unspecified atom stereocenters. The Morgan fingerprint density at radius 1 is 0.857 bits per heavy atom. The van der Waals surface area contributed by atoms with Crippen molar-refractivity contribution in [2.24, 2.45) is 0 Å². The summed E-state index contributed by atoms with van der Waals surface area (Å²) in [5.74, 6) is 1.06. The van der Waals surface area contributed by atoms with Crippen LogP contribution in [0.4, 0.5) is 0 Å². The number of carbonyl (C=O) groups excluding carboxylic acids is 2. The summed E-state index contributed by atoms with van der Waals surface area (Å²) in [6.45, 7) is 9.03. The van der Waals surface area contributed by atoms with Crippen LogP contribution in [0, 0.1) is 20.8 Å². The van der Waals surface area contributed by atoms with Crippen LogP contribution >= 0.6 is 0 Å². The van der Waals surface area contributed by atoms with Crippen LogP contribution in [-0.4, -0.2) is 38.1 Å². The highest BCUT2D eigenvalue weighted by Crippen LogP contribution is 2.25. The number of nitrogens with one attached hydrogen (secondary N) is 2. The lowest BCUT2D eigenvalue weighted by molar-refractivity contribution is -0.123. The topological polar surface area (TPSA) is 76.7 Å². The molecule has 0 aromatic heterocycles. The summed E-state index contributed by atoms with van der Waals surface area (Å²) in [7, 11) is 0. The third-order valence-corrected chi connectivity index (χ3v) is 4.38. The molecule has 0 saturated carbocycles. The number of amides is 2. The molecule has 0 spiro atoms. The SMILES string of the molecule is CCOc1ccc(C(=O)NCCNC(=O)COc2c(C)ccc(C)c2C)cc1. The normalized spacial score (nSPS) is 10.3. The molecule has 6 nitrogen and oxygen atoms in total. The highest BCUT2D eigenvalue weighted by atomic mass is 16.5. The number of benzene rings is 2. The van der Waals surface area contributed by atoms with E-state index in [0.29, 0.717) is 25.3 Å². The van der Waals surface area contributed by atoms with Gasteiger partial charge in [-0.15, -0.1) is 0 Å². The molecule has 0 radical (unpaired) electrons. The molecule has 2 aromatic rings. The van der Waals surface area contributed by atoms with E-state index in [4.69, 9.17) is 9.47 Å². The molecule has 6 heteroatoms. The second-order valence-electron chi connectivity index (χ2n) is 6.51. The van der Waals surface area contributed by atoms with E-state index in [1.54, 1.807) is 24.3 Å². The first kappa shape index (κ1) is 21.3. The molecule has 2 amide bonds. The number of hydrogen-bond donors (Lipinski definition) is 2. The summed E-state index contributed by atoms with van der Waals surface area (Å²) in [5, 5.41) is 5.51. The number of rotatable bonds is 9. The van der Waals surface area contributed by atoms with Gasteiger partial charge >= 0.3 is 0 Å². The minimum atomic E-state index is -0.226. The zero-order valence-corrected chi connectivity index (χ0v) is 16.9. The first-order valence-corrected chi connectivity index (χ1v) is 9.39. The smallest absolute Gasteiger partial charge is 0.258 e. The highest BCUT2D eigenvalue weighted by molar-refractivity contribution is 5.94. The lowest BCUT2D eigenvalue weighted by Crippen LogP contribution is -2.36. The van der Waals surface area contributed by atoms with Crippen LogP contribution < -0.4 is 20.1 Å². The molecule has 0 fully saturated rings. The van der Waals surface area contributed by atoms with Crippen LogP contribution in [-0.2, 0) is 4.79 Å². The molecule has 0 aliphatic carbocycles. The minimum absolute atomic E-state index is 0.0576. The summed E-state index contributed by atoms with van der Waals surface area (Å²) in [5.41, 5.74) is 3.70. The zero-order valence-electron chi connectivity index (χ0n) is 16.9. The quantitative estimate of drug-likeness (QED) is 0.652. The zero-order chi connectivity index (χ0) is 20.5. The van der Waals surface area contributed by atoms with Crippen LogP contribution in [0.1, 0.15) is 34.0 Å². The minimum Gasteiger partial charge on any atom is -0.494 e. The van der Waals surface area contributed by atoms with E-state index in [9.17, 15) is 9.59 Å². The van der Waals surface area contributed by atoms with E-state index >= 15 is 0 Å². The van der Waals surface area contributed by atoms with Crippen molar-refractivity contribution < 1.29 is 19.1 Å². The number of hydrogen-bond acceptors (Lipinski definition) is 4. The van der Waals surface area contributed by atoms with E-state index < -0.39 is 0 Å². The Hall–Kier alpha value is -3.02. The number of aryl methyl sites for hydroxylation is 2. The average Bonchev–Trinajstić information content (AvgIpc) is 2.69. The largest absolute Gasteiger partial charge is 0.494 e. The maximum atomic E-state index is 12.1. The van der Waals surface area contributed by atoms with Gasteiger partial charge in [-0.25, -0.2) is 0 Å². The van der Waals surface area contributed by atoms with Gasteiger partial charge in [0.1, 0.15) is 11.5 Å². The fourth-order valence-electron chi connectivity index (χ4n) is 2.69. The Labute approximate surface area is 166 Å². The molecule has 150 valence electrons. The number of carbonyl (C=O) groups is 2. The maximum absolute atomic E-state index is 12.1. The van der Waals surface area contributed by atoms with Gasteiger partial charge in [-0.1, -0.05) is 12.1 Å². The van der Waals surface area contributed by atoms with Gasteiger partial charge in [0.25, 0.3) is 11.8 Å². The van der Waals surface area contributed by atoms with E-state index in [2.05, 4.69) is 10.6 Å². The average molecular weight is 384 g/mol. The Morgan fingerprint density at radius 3 is 2.18 bits per heavy atom. The van der Waals surface area contributed by atoms with Gasteiger partial charge in [-0.3, -0.25) is 9.59 Å². The predicted molar refractivity (Wildman–Crippen MR) is 109 cm³/mol. The molecule has 0 aliphatic heterocycles. The van der Waals surface area contributed by atoms with Crippen LogP contribution in [0.5, 0.6) is 11.5 Å². The summed E-state index contributed by atoms with van der Waals surface area (Å²) in [4.78, 5) is 24.1. The maximum Gasteiger partial charge on any atom is 0.258 e. The van der Waals surface area contributed by atoms with Crippen molar-refractivity contribution in [3.05, 3.63) is 58.7 Å². The molecule has 28 heavy (non-hydrogen) atoms. The van der Waals surface area contributed by atoms with Gasteiger partial charge < -0.3 is 20.1 Å². The van der Waals surface area contributed by atoms with Crippen molar-refractivity contribution in [2.75, 3.05) is 26.3 Å². The Morgan fingerprint density at radius 2 is 1.50 bits per heavy atom. The molecule has 0 bridgehead atoms. The molecule has 2 rings (SSSR count). The van der Waals surface area contributed by atoms with Gasteiger partial charge in [0, 0.05) is 18.7 Å². The lowest BCUT2D eigenvalue weighted by Gasteiger charge is -2.14. The highest BCUT2D eigenvalue weighted by Gasteiger charge is 2.09. The fourth-order valence-corrected chi connectivity index (χ4v) is 2.69. The Bertz CT molecular complexity index is 816. The Kier molecular flexibility index (Phi) is 7.87. The van der Waals surface area contributed by atoms with Crippen LogP contribution in [0.25, 0.3) is 0 Å². The molecule has 0 heterocycles. The van der Waals surface area contributed by atoms with E-state index in [1.165, 1.54) is 0 Å². The van der Waals surface area contributed by atoms with Gasteiger partial charge in [0.15, 0.2) is 6.61 Å². The molecular formula is C22H28N2O4. The lowest BCUT2D eigenvalue weighted by atomic mass is 10.1. The van der Waals surface area contributed by atoms with E-state index in [-0.39, 0.29) is 18.4 Å². The van der Waals surface area contributed by atoms with Crippen LogP contribution in [0.2, 0.25) is 0 Å². The second kappa shape index (κ2) is 10.3. The third-order valence-electron chi connectivity index (χ3n) is 4.38. The summed E-state index contributed by atoms with van der Waals surface area (Å²) >= 11 is 0. The molecular weight excluding hydrogens is 356 g/mol. The number of ether oxygens (including phenoxy) is 2. The van der Waals surface area contributed by atoms with Gasteiger partial charge in [-0.05, 0) is 68.7 Å². The summed E-state index contributed by atoms with van der Waals surface area (Å²) in [6.07, 6.45) is 0. The molecule has 2 N–H and O–H groups in total.